The highest BCUT2D eigenvalue weighted by atomic mass is 16.2. The lowest BCUT2D eigenvalue weighted by molar-refractivity contribution is 0.0746. The molecule has 1 heterocycles. The Morgan fingerprint density at radius 2 is 1.69 bits per heavy atom. The molecule has 0 saturated carbocycles. The molecule has 1 N–H and O–H groups in total. The lowest BCUT2D eigenvalue weighted by atomic mass is 10.1. The summed E-state index contributed by atoms with van der Waals surface area (Å²) in [5.74, 6) is -0.451. The maximum atomic E-state index is 12.9. The SMILES string of the molecule is CCc1ccccc1NC(=O)c1ccnc(C(=O)N(CC)Cc2ccccc2)c1. The largest absolute Gasteiger partial charge is 0.333 e. The molecule has 0 fully saturated rings. The van der Waals surface area contributed by atoms with Crippen molar-refractivity contribution in [1.29, 1.82) is 0 Å². The van der Waals surface area contributed by atoms with Gasteiger partial charge >= 0.3 is 0 Å². The number of hydrogen-bond acceptors (Lipinski definition) is 3. The summed E-state index contributed by atoms with van der Waals surface area (Å²) in [5, 5.41) is 2.94. The summed E-state index contributed by atoms with van der Waals surface area (Å²) in [7, 11) is 0. The minimum Gasteiger partial charge on any atom is -0.333 e. The number of anilines is 1. The molecule has 1 aromatic heterocycles. The molecule has 0 aliphatic carbocycles. The Bertz CT molecular complexity index is 986. The molecule has 3 rings (SSSR count). The first-order valence-electron chi connectivity index (χ1n) is 9.80. The molecule has 5 nitrogen and oxygen atoms in total. The van der Waals surface area contributed by atoms with E-state index in [1.165, 1.54) is 6.20 Å². The molecule has 2 amide bonds. The van der Waals surface area contributed by atoms with Gasteiger partial charge in [0.05, 0.1) is 0 Å². The summed E-state index contributed by atoms with van der Waals surface area (Å²) in [6.45, 7) is 5.02. The highest BCUT2D eigenvalue weighted by Crippen LogP contribution is 2.17. The zero-order valence-corrected chi connectivity index (χ0v) is 16.8. The van der Waals surface area contributed by atoms with Gasteiger partial charge in [-0.15, -0.1) is 0 Å². The third kappa shape index (κ3) is 5.08. The van der Waals surface area contributed by atoms with Gasteiger partial charge in [-0.3, -0.25) is 14.6 Å². The second-order valence-electron chi connectivity index (χ2n) is 6.70. The molecule has 0 aliphatic rings. The Labute approximate surface area is 171 Å². The van der Waals surface area contributed by atoms with E-state index in [4.69, 9.17) is 0 Å². The molecule has 3 aromatic rings. The molecule has 0 aliphatic heterocycles. The first-order chi connectivity index (χ1) is 14.1. The predicted molar refractivity (Wildman–Crippen MR) is 115 cm³/mol. The van der Waals surface area contributed by atoms with Crippen molar-refractivity contribution in [2.45, 2.75) is 26.8 Å². The zero-order valence-electron chi connectivity index (χ0n) is 16.8. The molecule has 0 bridgehead atoms. The molecule has 148 valence electrons. The molecule has 5 heteroatoms. The van der Waals surface area contributed by atoms with Crippen molar-refractivity contribution in [2.75, 3.05) is 11.9 Å². The fraction of sp³-hybridized carbons (Fsp3) is 0.208. The van der Waals surface area contributed by atoms with Crippen LogP contribution in [0.2, 0.25) is 0 Å². The van der Waals surface area contributed by atoms with Crippen molar-refractivity contribution in [2.24, 2.45) is 0 Å². The van der Waals surface area contributed by atoms with E-state index in [1.54, 1.807) is 17.0 Å². The summed E-state index contributed by atoms with van der Waals surface area (Å²) >= 11 is 0. The van der Waals surface area contributed by atoms with Gasteiger partial charge in [0.2, 0.25) is 0 Å². The Morgan fingerprint density at radius 3 is 2.41 bits per heavy atom. The van der Waals surface area contributed by atoms with E-state index in [0.717, 1.165) is 23.2 Å². The first kappa shape index (κ1) is 20.3. The molecule has 0 unspecified atom stereocenters. The van der Waals surface area contributed by atoms with Crippen LogP contribution < -0.4 is 5.32 Å². The molecule has 0 spiro atoms. The summed E-state index contributed by atoms with van der Waals surface area (Å²) in [6, 6.07) is 20.7. The molecular formula is C24H25N3O2. The molecule has 0 atom stereocenters. The standard InChI is InChI=1S/C24H25N3O2/c1-3-19-12-8-9-13-21(19)26-23(28)20-14-15-25-22(16-20)24(29)27(4-2)17-18-10-6-5-7-11-18/h5-16H,3-4,17H2,1-2H3,(H,26,28). The second-order valence-corrected chi connectivity index (χ2v) is 6.70. The highest BCUT2D eigenvalue weighted by Gasteiger charge is 2.18. The van der Waals surface area contributed by atoms with Crippen LogP contribution in [-0.4, -0.2) is 28.2 Å². The fourth-order valence-electron chi connectivity index (χ4n) is 3.13. The van der Waals surface area contributed by atoms with Crippen LogP contribution in [0.4, 0.5) is 5.69 Å². The van der Waals surface area contributed by atoms with Crippen molar-refractivity contribution in [3.05, 3.63) is 95.3 Å². The number of aryl methyl sites for hydroxylation is 1. The number of nitrogens with zero attached hydrogens (tertiary/aromatic N) is 2. The highest BCUT2D eigenvalue weighted by molar-refractivity contribution is 6.06. The van der Waals surface area contributed by atoms with Crippen LogP contribution in [0.3, 0.4) is 0 Å². The van der Waals surface area contributed by atoms with Gasteiger partial charge in [-0.05, 0) is 42.7 Å². The quantitative estimate of drug-likeness (QED) is 0.646. The summed E-state index contributed by atoms with van der Waals surface area (Å²) in [4.78, 5) is 31.6. The monoisotopic (exact) mass is 387 g/mol. The Hall–Kier alpha value is -3.47. The molecule has 2 aromatic carbocycles. The van der Waals surface area contributed by atoms with Gasteiger partial charge in [-0.2, -0.15) is 0 Å². The molecule has 0 saturated heterocycles. The smallest absolute Gasteiger partial charge is 0.272 e. The topological polar surface area (TPSA) is 62.3 Å². The summed E-state index contributed by atoms with van der Waals surface area (Å²) < 4.78 is 0. The van der Waals surface area contributed by atoms with Gasteiger partial charge in [-0.1, -0.05) is 55.5 Å². The minimum absolute atomic E-state index is 0.194. The van der Waals surface area contributed by atoms with E-state index in [-0.39, 0.29) is 17.5 Å². The summed E-state index contributed by atoms with van der Waals surface area (Å²) in [5.41, 5.74) is 3.56. The third-order valence-electron chi connectivity index (χ3n) is 4.77. The second kappa shape index (κ2) is 9.64. The maximum Gasteiger partial charge on any atom is 0.272 e. The van der Waals surface area contributed by atoms with Crippen LogP contribution in [0.25, 0.3) is 0 Å². The number of hydrogen-bond donors (Lipinski definition) is 1. The average Bonchev–Trinajstić information content (AvgIpc) is 2.78. The lowest BCUT2D eigenvalue weighted by Crippen LogP contribution is -2.31. The van der Waals surface area contributed by atoms with Gasteiger partial charge in [0, 0.05) is 30.5 Å². The van der Waals surface area contributed by atoms with Crippen molar-refractivity contribution >= 4 is 17.5 Å². The number of nitrogens with one attached hydrogen (secondary N) is 1. The van der Waals surface area contributed by atoms with Gasteiger partial charge in [0.25, 0.3) is 11.8 Å². The first-order valence-corrected chi connectivity index (χ1v) is 9.80. The van der Waals surface area contributed by atoms with Gasteiger partial charge in [0.15, 0.2) is 0 Å². The lowest BCUT2D eigenvalue weighted by Gasteiger charge is -2.20. The number of pyridine rings is 1. The number of aromatic nitrogens is 1. The number of rotatable bonds is 7. The number of amides is 2. The van der Waals surface area contributed by atoms with E-state index in [0.29, 0.717) is 18.7 Å². The zero-order chi connectivity index (χ0) is 20.6. The number of carbonyl (C=O) groups is 2. The number of carbonyl (C=O) groups excluding carboxylic acids is 2. The Morgan fingerprint density at radius 1 is 0.966 bits per heavy atom. The average molecular weight is 387 g/mol. The van der Waals surface area contributed by atoms with Crippen LogP contribution in [0.5, 0.6) is 0 Å². The molecule has 0 radical (unpaired) electrons. The molecule has 29 heavy (non-hydrogen) atoms. The number of benzene rings is 2. The Balaban J connectivity index is 1.77. The normalized spacial score (nSPS) is 10.4. The van der Waals surface area contributed by atoms with Crippen LogP contribution in [0, 0.1) is 0 Å². The van der Waals surface area contributed by atoms with E-state index < -0.39 is 0 Å². The van der Waals surface area contributed by atoms with Crippen molar-refractivity contribution in [1.82, 2.24) is 9.88 Å². The van der Waals surface area contributed by atoms with E-state index >= 15 is 0 Å². The minimum atomic E-state index is -0.256. The van der Waals surface area contributed by atoms with Crippen molar-refractivity contribution in [3.8, 4) is 0 Å². The van der Waals surface area contributed by atoms with Crippen LogP contribution >= 0.6 is 0 Å². The van der Waals surface area contributed by atoms with Crippen molar-refractivity contribution < 1.29 is 9.59 Å². The van der Waals surface area contributed by atoms with E-state index in [1.807, 2.05) is 68.4 Å². The molecular weight excluding hydrogens is 362 g/mol. The van der Waals surface area contributed by atoms with Gasteiger partial charge < -0.3 is 10.2 Å². The van der Waals surface area contributed by atoms with E-state index in [2.05, 4.69) is 10.3 Å². The third-order valence-corrected chi connectivity index (χ3v) is 4.77. The van der Waals surface area contributed by atoms with Crippen molar-refractivity contribution in [3.63, 3.8) is 0 Å². The van der Waals surface area contributed by atoms with Gasteiger partial charge in [-0.25, -0.2) is 0 Å². The predicted octanol–water partition coefficient (Wildman–Crippen LogP) is 4.56. The summed E-state index contributed by atoms with van der Waals surface area (Å²) in [6.07, 6.45) is 2.33. The van der Waals surface area contributed by atoms with Crippen LogP contribution in [0.1, 0.15) is 45.8 Å². The van der Waals surface area contributed by atoms with Crippen LogP contribution in [-0.2, 0) is 13.0 Å². The fourth-order valence-corrected chi connectivity index (χ4v) is 3.13. The van der Waals surface area contributed by atoms with Gasteiger partial charge in [0.1, 0.15) is 5.69 Å². The van der Waals surface area contributed by atoms with E-state index in [9.17, 15) is 9.59 Å². The number of para-hydroxylation sites is 1. The maximum absolute atomic E-state index is 12.9. The Kier molecular flexibility index (Phi) is 6.74. The van der Waals surface area contributed by atoms with Crippen LogP contribution in [0.15, 0.2) is 72.9 Å².